The first-order valence-electron chi connectivity index (χ1n) is 8.31. The van der Waals surface area contributed by atoms with Gasteiger partial charge in [0.25, 0.3) is 0 Å². The van der Waals surface area contributed by atoms with Crippen LogP contribution in [-0.4, -0.2) is 35.0 Å². The van der Waals surface area contributed by atoms with E-state index in [1.807, 2.05) is 17.0 Å². The smallest absolute Gasteiger partial charge is 0.226 e. The lowest BCUT2D eigenvalue weighted by Crippen LogP contribution is -2.32. The molecular formula is C19H19FN2O2. The predicted molar refractivity (Wildman–Crippen MR) is 87.1 cm³/mol. The molecule has 1 aliphatic carbocycles. The van der Waals surface area contributed by atoms with Gasteiger partial charge < -0.3 is 9.64 Å². The molecule has 124 valence electrons. The minimum absolute atomic E-state index is 0.0372. The third kappa shape index (κ3) is 3.11. The molecule has 4 rings (SSSR count). The van der Waals surface area contributed by atoms with E-state index in [0.29, 0.717) is 6.54 Å². The fourth-order valence-electron chi connectivity index (χ4n) is 3.41. The number of hydrogen-bond donors (Lipinski definition) is 0. The number of pyridine rings is 1. The number of likely N-dealkylation sites (tertiary alicyclic amines) is 1. The zero-order chi connectivity index (χ0) is 16.5. The molecule has 24 heavy (non-hydrogen) atoms. The average molecular weight is 326 g/mol. The highest BCUT2D eigenvalue weighted by Gasteiger charge is 2.46. The molecule has 0 unspecified atom stereocenters. The fraction of sp³-hybridized carbons (Fsp3) is 0.368. The first kappa shape index (κ1) is 15.1. The van der Waals surface area contributed by atoms with E-state index < -0.39 is 0 Å². The summed E-state index contributed by atoms with van der Waals surface area (Å²) < 4.78 is 18.9. The van der Waals surface area contributed by atoms with Crippen LogP contribution in [0.5, 0.6) is 5.75 Å². The van der Waals surface area contributed by atoms with E-state index in [-0.39, 0.29) is 29.7 Å². The Morgan fingerprint density at radius 3 is 2.67 bits per heavy atom. The lowest BCUT2D eigenvalue weighted by Gasteiger charge is -2.17. The molecule has 2 heterocycles. The maximum Gasteiger partial charge on any atom is 0.226 e. The van der Waals surface area contributed by atoms with Gasteiger partial charge in [-0.25, -0.2) is 4.39 Å². The molecule has 3 atom stereocenters. The molecule has 4 nitrogen and oxygen atoms in total. The van der Waals surface area contributed by atoms with Crippen LogP contribution in [0, 0.1) is 11.7 Å². The largest absolute Gasteiger partial charge is 0.488 e. The summed E-state index contributed by atoms with van der Waals surface area (Å²) in [7, 11) is 0. The van der Waals surface area contributed by atoms with E-state index in [0.717, 1.165) is 30.7 Å². The molecule has 2 fully saturated rings. The molecule has 0 spiro atoms. The Morgan fingerprint density at radius 2 is 1.92 bits per heavy atom. The van der Waals surface area contributed by atoms with Crippen molar-refractivity contribution in [3.63, 3.8) is 0 Å². The quantitative estimate of drug-likeness (QED) is 0.867. The SMILES string of the molecule is O=C([C@@H]1C[C@H]1c1ccc(F)cc1)N1CC[C@@H](Oc2ccncc2)C1. The second kappa shape index (κ2) is 6.23. The number of amides is 1. The van der Waals surface area contributed by atoms with Crippen molar-refractivity contribution in [3.8, 4) is 5.75 Å². The van der Waals surface area contributed by atoms with Gasteiger partial charge in [-0.15, -0.1) is 0 Å². The number of ether oxygens (including phenoxy) is 1. The van der Waals surface area contributed by atoms with Crippen LogP contribution in [0.4, 0.5) is 4.39 Å². The van der Waals surface area contributed by atoms with Crippen molar-refractivity contribution in [2.45, 2.75) is 24.9 Å². The van der Waals surface area contributed by atoms with Crippen LogP contribution >= 0.6 is 0 Å². The molecule has 2 aromatic rings. The average Bonchev–Trinajstić information content (AvgIpc) is 3.27. The lowest BCUT2D eigenvalue weighted by atomic mass is 10.1. The molecule has 0 N–H and O–H groups in total. The topological polar surface area (TPSA) is 42.4 Å². The van der Waals surface area contributed by atoms with E-state index in [1.54, 1.807) is 24.5 Å². The van der Waals surface area contributed by atoms with E-state index in [4.69, 9.17) is 4.74 Å². The summed E-state index contributed by atoms with van der Waals surface area (Å²) >= 11 is 0. The maximum atomic E-state index is 13.0. The number of aromatic nitrogens is 1. The number of hydrogen-bond acceptors (Lipinski definition) is 3. The molecular weight excluding hydrogens is 307 g/mol. The summed E-state index contributed by atoms with van der Waals surface area (Å²) in [6.45, 7) is 1.37. The van der Waals surface area contributed by atoms with Crippen LogP contribution in [0.2, 0.25) is 0 Å². The summed E-state index contributed by atoms with van der Waals surface area (Å²) in [5, 5.41) is 0. The van der Waals surface area contributed by atoms with Gasteiger partial charge in [0.05, 0.1) is 6.54 Å². The van der Waals surface area contributed by atoms with Crippen LogP contribution in [0.3, 0.4) is 0 Å². The minimum atomic E-state index is -0.238. The van der Waals surface area contributed by atoms with Crippen LogP contribution in [0.15, 0.2) is 48.8 Å². The van der Waals surface area contributed by atoms with Crippen LogP contribution in [0.25, 0.3) is 0 Å². The van der Waals surface area contributed by atoms with Crippen LogP contribution in [-0.2, 0) is 4.79 Å². The number of carbonyl (C=O) groups is 1. The number of benzene rings is 1. The van der Waals surface area contributed by atoms with Gasteiger partial charge in [0.2, 0.25) is 5.91 Å². The summed E-state index contributed by atoms with van der Waals surface area (Å²) in [4.78, 5) is 18.5. The molecule has 1 aromatic heterocycles. The summed E-state index contributed by atoms with van der Waals surface area (Å²) in [6.07, 6.45) is 5.15. The summed E-state index contributed by atoms with van der Waals surface area (Å²) in [6, 6.07) is 10.2. The number of nitrogens with zero attached hydrogens (tertiary/aromatic N) is 2. The molecule has 5 heteroatoms. The Hall–Kier alpha value is -2.43. The van der Waals surface area contributed by atoms with Gasteiger partial charge in [0.15, 0.2) is 0 Å². The maximum absolute atomic E-state index is 13.0. The first-order valence-corrected chi connectivity index (χ1v) is 8.31. The van der Waals surface area contributed by atoms with Crippen LogP contribution < -0.4 is 4.74 Å². The Bertz CT molecular complexity index is 720. The van der Waals surface area contributed by atoms with E-state index in [2.05, 4.69) is 4.98 Å². The minimum Gasteiger partial charge on any atom is -0.488 e. The molecule has 0 radical (unpaired) electrons. The number of rotatable bonds is 4. The van der Waals surface area contributed by atoms with Gasteiger partial charge in [-0.2, -0.15) is 0 Å². The van der Waals surface area contributed by atoms with Gasteiger partial charge in [0.1, 0.15) is 17.7 Å². The first-order chi connectivity index (χ1) is 11.7. The number of carbonyl (C=O) groups excluding carboxylic acids is 1. The Balaban J connectivity index is 1.33. The van der Waals surface area contributed by atoms with E-state index in [1.165, 1.54) is 12.1 Å². The van der Waals surface area contributed by atoms with Crippen molar-refractivity contribution >= 4 is 5.91 Å². The van der Waals surface area contributed by atoms with E-state index in [9.17, 15) is 9.18 Å². The van der Waals surface area contributed by atoms with Gasteiger partial charge >= 0.3 is 0 Å². The Kier molecular flexibility index (Phi) is 3.92. The lowest BCUT2D eigenvalue weighted by molar-refractivity contribution is -0.131. The highest BCUT2D eigenvalue weighted by Crippen LogP contribution is 2.48. The highest BCUT2D eigenvalue weighted by molar-refractivity contribution is 5.83. The monoisotopic (exact) mass is 326 g/mol. The number of halogens is 1. The predicted octanol–water partition coefficient (Wildman–Crippen LogP) is 3.00. The highest BCUT2D eigenvalue weighted by atomic mass is 19.1. The van der Waals surface area contributed by atoms with Gasteiger partial charge in [-0.3, -0.25) is 9.78 Å². The molecule has 1 amide bonds. The summed E-state index contributed by atoms with van der Waals surface area (Å²) in [5.74, 6) is 1.02. The third-order valence-corrected chi connectivity index (χ3v) is 4.81. The third-order valence-electron chi connectivity index (χ3n) is 4.81. The zero-order valence-electron chi connectivity index (χ0n) is 13.3. The summed E-state index contributed by atoms with van der Waals surface area (Å²) in [5.41, 5.74) is 1.05. The molecule has 1 aliphatic heterocycles. The van der Waals surface area contributed by atoms with Crippen molar-refractivity contribution in [3.05, 3.63) is 60.2 Å². The van der Waals surface area contributed by atoms with Crippen molar-refractivity contribution < 1.29 is 13.9 Å². The zero-order valence-corrected chi connectivity index (χ0v) is 13.3. The normalized spacial score (nSPS) is 25.5. The van der Waals surface area contributed by atoms with E-state index >= 15 is 0 Å². The Labute approximate surface area is 140 Å². The standard InChI is InChI=1S/C19H19FN2O2/c20-14-3-1-13(2-4-14)17-11-18(17)19(23)22-10-7-16(12-22)24-15-5-8-21-9-6-15/h1-6,8-9,16-18H,7,10-12H2/t16-,17+,18-/m1/s1. The molecule has 1 saturated carbocycles. The molecule has 2 aliphatic rings. The van der Waals surface area contributed by atoms with Gasteiger partial charge in [-0.1, -0.05) is 12.1 Å². The molecule has 1 saturated heterocycles. The molecule has 0 bridgehead atoms. The molecule has 1 aromatic carbocycles. The van der Waals surface area contributed by atoms with Crippen molar-refractivity contribution in [2.75, 3.05) is 13.1 Å². The van der Waals surface area contributed by atoms with Crippen LogP contribution in [0.1, 0.15) is 24.3 Å². The second-order valence-electron chi connectivity index (χ2n) is 6.50. The van der Waals surface area contributed by atoms with Crippen molar-refractivity contribution in [1.29, 1.82) is 0 Å². The van der Waals surface area contributed by atoms with Crippen molar-refractivity contribution in [1.82, 2.24) is 9.88 Å². The fourth-order valence-corrected chi connectivity index (χ4v) is 3.41. The van der Waals surface area contributed by atoms with Gasteiger partial charge in [-0.05, 0) is 42.2 Å². The van der Waals surface area contributed by atoms with Crippen molar-refractivity contribution in [2.24, 2.45) is 5.92 Å². The Morgan fingerprint density at radius 1 is 1.17 bits per heavy atom. The van der Waals surface area contributed by atoms with Gasteiger partial charge in [0, 0.05) is 31.3 Å². The second-order valence-corrected chi connectivity index (χ2v) is 6.50.